The van der Waals surface area contributed by atoms with Crippen LogP contribution in [0.1, 0.15) is 0 Å². The third kappa shape index (κ3) is 3.52. The summed E-state index contributed by atoms with van der Waals surface area (Å²) in [5.74, 6) is 1.69. The minimum atomic E-state index is 0.531. The number of para-hydroxylation sites is 2. The maximum Gasteiger partial charge on any atom is 0.238 e. The number of nitrogens with zero attached hydrogens (tertiary/aromatic N) is 6. The first-order valence-corrected chi connectivity index (χ1v) is 15.3. The van der Waals surface area contributed by atoms with E-state index in [0.29, 0.717) is 23.3 Å². The molecule has 0 spiro atoms. The van der Waals surface area contributed by atoms with Crippen LogP contribution in [0.5, 0.6) is 0 Å². The molecule has 214 valence electrons. The molecule has 10 aromatic rings. The first-order valence-electron chi connectivity index (χ1n) is 15.3. The molecule has 46 heavy (non-hydrogen) atoms. The first-order chi connectivity index (χ1) is 22.8. The van der Waals surface area contributed by atoms with Gasteiger partial charge in [-0.05, 0) is 53.2 Å². The van der Waals surface area contributed by atoms with Gasteiger partial charge in [0, 0.05) is 39.0 Å². The molecule has 10 rings (SSSR count). The van der Waals surface area contributed by atoms with Crippen LogP contribution >= 0.6 is 0 Å². The number of fused-ring (bicyclic) bond motifs is 4. The standard InChI is InChI=1S/C40H24N6/c1-3-12-26(13-4-1)38-42-39(30-18-9-10-23-41-30)44-40(43-38)46-32-20-11-14-25-21-22-29-36-28-17-7-8-19-31(28)45(27-15-5-2-6-16-27)33(36)24-34(46)37(29)35(25)32/h1-24H. The van der Waals surface area contributed by atoms with E-state index in [1.165, 1.54) is 37.8 Å². The Labute approximate surface area is 263 Å². The summed E-state index contributed by atoms with van der Waals surface area (Å²) < 4.78 is 4.58. The van der Waals surface area contributed by atoms with E-state index in [1.54, 1.807) is 6.20 Å². The number of rotatable bonds is 4. The topological polar surface area (TPSA) is 61.4 Å². The van der Waals surface area contributed by atoms with Gasteiger partial charge in [-0.2, -0.15) is 9.97 Å². The van der Waals surface area contributed by atoms with E-state index in [0.717, 1.165) is 27.8 Å². The predicted molar refractivity (Wildman–Crippen MR) is 186 cm³/mol. The van der Waals surface area contributed by atoms with Gasteiger partial charge in [-0.1, -0.05) is 97.1 Å². The maximum atomic E-state index is 5.14. The minimum Gasteiger partial charge on any atom is -0.309 e. The Hall–Kier alpha value is -6.40. The zero-order valence-electron chi connectivity index (χ0n) is 24.5. The van der Waals surface area contributed by atoms with Gasteiger partial charge < -0.3 is 4.57 Å². The molecule has 6 heteroatoms. The number of benzene rings is 6. The van der Waals surface area contributed by atoms with Gasteiger partial charge in [0.15, 0.2) is 11.6 Å². The molecule has 4 aromatic heterocycles. The number of hydrogen-bond donors (Lipinski definition) is 0. The van der Waals surface area contributed by atoms with E-state index >= 15 is 0 Å². The van der Waals surface area contributed by atoms with E-state index in [-0.39, 0.29) is 0 Å². The molecule has 0 aliphatic carbocycles. The van der Waals surface area contributed by atoms with Gasteiger partial charge in [-0.3, -0.25) is 9.55 Å². The Morgan fingerprint density at radius 1 is 0.435 bits per heavy atom. The molecule has 0 amide bonds. The lowest BCUT2D eigenvalue weighted by Crippen LogP contribution is -2.07. The van der Waals surface area contributed by atoms with Crippen LogP contribution in [0.3, 0.4) is 0 Å². The summed E-state index contributed by atoms with van der Waals surface area (Å²) in [4.78, 5) is 19.8. The lowest BCUT2D eigenvalue weighted by molar-refractivity contribution is 0.948. The van der Waals surface area contributed by atoms with Crippen molar-refractivity contribution in [2.24, 2.45) is 0 Å². The highest BCUT2D eigenvalue weighted by Crippen LogP contribution is 2.45. The van der Waals surface area contributed by atoms with Crippen LogP contribution in [0.25, 0.3) is 88.9 Å². The molecule has 0 radical (unpaired) electrons. The monoisotopic (exact) mass is 588 g/mol. The first kappa shape index (κ1) is 25.0. The number of aromatic nitrogens is 6. The van der Waals surface area contributed by atoms with Crippen LogP contribution in [-0.2, 0) is 0 Å². The van der Waals surface area contributed by atoms with Gasteiger partial charge >= 0.3 is 0 Å². The van der Waals surface area contributed by atoms with Crippen molar-refractivity contribution >= 4 is 54.4 Å². The Balaban J connectivity index is 1.39. The lowest BCUT2D eigenvalue weighted by atomic mass is 9.98. The third-order valence-electron chi connectivity index (χ3n) is 8.98. The van der Waals surface area contributed by atoms with E-state index in [1.807, 2.05) is 48.5 Å². The van der Waals surface area contributed by atoms with Crippen molar-refractivity contribution < 1.29 is 0 Å². The van der Waals surface area contributed by atoms with Gasteiger partial charge in [0.25, 0.3) is 0 Å². The van der Waals surface area contributed by atoms with Crippen molar-refractivity contribution in [2.45, 2.75) is 0 Å². The van der Waals surface area contributed by atoms with Crippen LogP contribution in [0.15, 0.2) is 146 Å². The maximum absolute atomic E-state index is 5.14. The van der Waals surface area contributed by atoms with Gasteiger partial charge in [-0.15, -0.1) is 0 Å². The van der Waals surface area contributed by atoms with Crippen LogP contribution in [0.4, 0.5) is 0 Å². The second-order valence-corrected chi connectivity index (χ2v) is 11.5. The van der Waals surface area contributed by atoms with Crippen LogP contribution < -0.4 is 0 Å². The molecule has 4 heterocycles. The molecule has 6 aromatic carbocycles. The summed E-state index contributed by atoms with van der Waals surface area (Å²) in [7, 11) is 0. The largest absolute Gasteiger partial charge is 0.309 e. The molecule has 0 bridgehead atoms. The fourth-order valence-corrected chi connectivity index (χ4v) is 7.07. The van der Waals surface area contributed by atoms with Gasteiger partial charge in [0.1, 0.15) is 5.69 Å². The van der Waals surface area contributed by atoms with Crippen molar-refractivity contribution in [3.63, 3.8) is 0 Å². The van der Waals surface area contributed by atoms with Crippen molar-refractivity contribution in [3.8, 4) is 34.5 Å². The highest BCUT2D eigenvalue weighted by atomic mass is 15.2. The summed E-state index contributed by atoms with van der Waals surface area (Å²) in [5, 5.41) is 7.27. The lowest BCUT2D eigenvalue weighted by Gasteiger charge is -2.11. The Bertz CT molecular complexity index is 2670. The van der Waals surface area contributed by atoms with Crippen LogP contribution in [-0.4, -0.2) is 29.1 Å². The molecule has 0 fully saturated rings. The van der Waals surface area contributed by atoms with Crippen molar-refractivity contribution in [1.29, 1.82) is 0 Å². The molecular weight excluding hydrogens is 564 g/mol. The second kappa shape index (κ2) is 9.55. The van der Waals surface area contributed by atoms with Gasteiger partial charge in [0.2, 0.25) is 5.95 Å². The Kier molecular flexibility index (Phi) is 5.19. The molecule has 0 saturated carbocycles. The summed E-state index contributed by atoms with van der Waals surface area (Å²) in [5.41, 5.74) is 7.14. The van der Waals surface area contributed by atoms with Crippen molar-refractivity contribution in [1.82, 2.24) is 29.1 Å². The van der Waals surface area contributed by atoms with Crippen LogP contribution in [0, 0.1) is 0 Å². The minimum absolute atomic E-state index is 0.531. The molecule has 0 aliphatic rings. The molecule has 0 aliphatic heterocycles. The highest BCUT2D eigenvalue weighted by molar-refractivity contribution is 6.33. The molecule has 0 unspecified atom stereocenters. The molecule has 0 atom stereocenters. The van der Waals surface area contributed by atoms with Crippen LogP contribution in [0.2, 0.25) is 0 Å². The SMILES string of the molecule is c1ccc(-c2nc(-c3ccccn3)nc(-n3c4cccc5ccc6c7c8ccccc8n(-c8ccccc8)c7cc3c6c54)n2)cc1. The summed E-state index contributed by atoms with van der Waals surface area (Å²) in [6, 6.07) is 48.5. The second-order valence-electron chi connectivity index (χ2n) is 11.5. The fourth-order valence-electron chi connectivity index (χ4n) is 7.07. The predicted octanol–water partition coefficient (Wildman–Crippen LogP) is 9.39. The highest BCUT2D eigenvalue weighted by Gasteiger charge is 2.24. The van der Waals surface area contributed by atoms with E-state index < -0.39 is 0 Å². The quantitative estimate of drug-likeness (QED) is 0.192. The third-order valence-corrected chi connectivity index (χ3v) is 8.98. The van der Waals surface area contributed by atoms with E-state index in [9.17, 15) is 0 Å². The number of hydrogen-bond acceptors (Lipinski definition) is 4. The Morgan fingerprint density at radius 2 is 1.17 bits per heavy atom. The smallest absolute Gasteiger partial charge is 0.238 e. The molecule has 0 N–H and O–H groups in total. The fraction of sp³-hybridized carbons (Fsp3) is 0. The average molecular weight is 589 g/mol. The molecule has 0 saturated heterocycles. The summed E-state index contributed by atoms with van der Waals surface area (Å²) in [6.45, 7) is 0. The summed E-state index contributed by atoms with van der Waals surface area (Å²) >= 11 is 0. The average Bonchev–Trinajstić information content (AvgIpc) is 3.65. The van der Waals surface area contributed by atoms with E-state index in [4.69, 9.17) is 15.0 Å². The normalized spacial score (nSPS) is 11.9. The van der Waals surface area contributed by atoms with E-state index in [2.05, 4.69) is 105 Å². The van der Waals surface area contributed by atoms with Crippen molar-refractivity contribution in [3.05, 3.63) is 146 Å². The molecular formula is C40H24N6. The molecule has 6 nitrogen and oxygen atoms in total. The summed E-state index contributed by atoms with van der Waals surface area (Å²) in [6.07, 6.45) is 1.77. The zero-order chi connectivity index (χ0) is 30.2. The van der Waals surface area contributed by atoms with Gasteiger partial charge in [0.05, 0.1) is 22.1 Å². The van der Waals surface area contributed by atoms with Crippen molar-refractivity contribution in [2.75, 3.05) is 0 Å². The number of pyridine rings is 1. The Morgan fingerprint density at radius 3 is 2.02 bits per heavy atom. The zero-order valence-corrected chi connectivity index (χ0v) is 24.5. The van der Waals surface area contributed by atoms with Gasteiger partial charge in [-0.25, -0.2) is 4.98 Å².